The van der Waals surface area contributed by atoms with Gasteiger partial charge in [-0.2, -0.15) is 0 Å². The van der Waals surface area contributed by atoms with Crippen LogP contribution in [0.25, 0.3) is 0 Å². The number of sulfone groups is 1. The minimum Gasteiger partial charge on any atom is -0.481 e. The smallest absolute Gasteiger partial charge is 0.314 e. The molecule has 0 saturated heterocycles. The summed E-state index contributed by atoms with van der Waals surface area (Å²) in [6.07, 6.45) is 0. The lowest BCUT2D eigenvalue weighted by atomic mass is 9.99. The third kappa shape index (κ3) is 2.83. The van der Waals surface area contributed by atoms with Crippen molar-refractivity contribution < 1.29 is 23.1 Å². The molecule has 0 radical (unpaired) electrons. The summed E-state index contributed by atoms with van der Waals surface area (Å²) in [5.41, 5.74) is 1.19. The van der Waals surface area contributed by atoms with Gasteiger partial charge in [-0.15, -0.1) is 0 Å². The van der Waals surface area contributed by atoms with Gasteiger partial charge in [-0.1, -0.05) is 47.5 Å². The van der Waals surface area contributed by atoms with Crippen molar-refractivity contribution in [1.82, 2.24) is 0 Å². The highest BCUT2D eigenvalue weighted by Gasteiger charge is 2.76. The molecule has 138 valence electrons. The van der Waals surface area contributed by atoms with Crippen LogP contribution in [0.3, 0.4) is 0 Å². The Labute approximate surface area is 153 Å². The summed E-state index contributed by atoms with van der Waals surface area (Å²) < 4.78 is 31.6. The molecule has 1 saturated carbocycles. The average Bonchev–Trinajstić information content (AvgIpc) is 3.27. The Kier molecular flexibility index (Phi) is 4.67. The summed E-state index contributed by atoms with van der Waals surface area (Å²) >= 11 is 0. The maximum Gasteiger partial charge on any atom is 0.314 e. The number of methoxy groups -OCH3 is 1. The number of benzene rings is 2. The molecule has 2 aromatic carbocycles. The number of aryl methyl sites for hydroxylation is 2. The molecular weight excluding hydrogens is 352 g/mol. The summed E-state index contributed by atoms with van der Waals surface area (Å²) in [5.74, 6) is -1.79. The molecule has 3 rings (SSSR count). The van der Waals surface area contributed by atoms with Crippen molar-refractivity contribution in [2.24, 2.45) is 5.41 Å². The topological polar surface area (TPSA) is 80.7 Å². The number of hydrogen-bond donors (Lipinski definition) is 1. The highest BCUT2D eigenvalue weighted by Crippen LogP contribution is 2.64. The molecule has 6 heteroatoms. The molecule has 0 aliphatic heterocycles. The van der Waals surface area contributed by atoms with E-state index in [-0.39, 0.29) is 11.5 Å². The molecule has 1 fully saturated rings. The predicted octanol–water partition coefficient (Wildman–Crippen LogP) is 2.96. The Morgan fingerprint density at radius 3 is 2.00 bits per heavy atom. The van der Waals surface area contributed by atoms with E-state index < -0.39 is 32.4 Å². The standard InChI is InChI=1S/C20H22O5S/c1-13-4-8-15(9-5-13)17-18(20(17,12-25-3)19(21)22)26(23,24)16-10-6-14(2)7-11-16/h4-11,17-18H,12H2,1-3H3,(H,21,22)/t17-,18+,20-/m0/s1. The van der Waals surface area contributed by atoms with Crippen LogP contribution in [0.5, 0.6) is 0 Å². The molecule has 3 atom stereocenters. The molecule has 0 amide bonds. The first-order valence-corrected chi connectivity index (χ1v) is 9.89. The third-order valence-corrected chi connectivity index (χ3v) is 7.45. The first-order valence-electron chi connectivity index (χ1n) is 8.34. The fourth-order valence-corrected chi connectivity index (χ4v) is 6.07. The van der Waals surface area contributed by atoms with Crippen molar-refractivity contribution >= 4 is 15.8 Å². The largest absolute Gasteiger partial charge is 0.481 e. The fraction of sp³-hybridized carbons (Fsp3) is 0.350. The van der Waals surface area contributed by atoms with Crippen LogP contribution < -0.4 is 0 Å². The van der Waals surface area contributed by atoms with Gasteiger partial charge in [-0.05, 0) is 31.5 Å². The number of carboxylic acids is 1. The van der Waals surface area contributed by atoms with E-state index in [1.165, 1.54) is 19.2 Å². The number of rotatable bonds is 6. The van der Waals surface area contributed by atoms with Crippen LogP contribution in [0.1, 0.15) is 22.6 Å². The fourth-order valence-electron chi connectivity index (χ4n) is 3.71. The molecule has 0 aromatic heterocycles. The zero-order chi connectivity index (χ0) is 19.1. The lowest BCUT2D eigenvalue weighted by Gasteiger charge is -2.12. The van der Waals surface area contributed by atoms with E-state index in [0.717, 1.165) is 11.1 Å². The molecule has 26 heavy (non-hydrogen) atoms. The number of ether oxygens (including phenoxy) is 1. The maximum atomic E-state index is 13.2. The SMILES string of the molecule is COC[C@@]1(C(=O)O)[C@H](S(=O)(=O)c2ccc(C)cc2)[C@@H]1c1ccc(C)cc1. The first-order chi connectivity index (χ1) is 12.2. The van der Waals surface area contributed by atoms with Crippen LogP contribution in [0.4, 0.5) is 0 Å². The van der Waals surface area contributed by atoms with Gasteiger partial charge in [-0.25, -0.2) is 8.42 Å². The molecule has 5 nitrogen and oxygen atoms in total. The lowest BCUT2D eigenvalue weighted by Crippen LogP contribution is -2.28. The van der Waals surface area contributed by atoms with Crippen LogP contribution in [0.2, 0.25) is 0 Å². The number of carbonyl (C=O) groups is 1. The second-order valence-electron chi connectivity index (χ2n) is 6.95. The molecule has 0 heterocycles. The molecule has 0 spiro atoms. The lowest BCUT2D eigenvalue weighted by molar-refractivity contribution is -0.145. The summed E-state index contributed by atoms with van der Waals surface area (Å²) in [7, 11) is -2.43. The summed E-state index contributed by atoms with van der Waals surface area (Å²) in [5, 5.41) is 8.84. The number of hydrogen-bond acceptors (Lipinski definition) is 4. The van der Waals surface area contributed by atoms with Crippen LogP contribution in [0.15, 0.2) is 53.4 Å². The van der Waals surface area contributed by atoms with Crippen molar-refractivity contribution in [2.45, 2.75) is 29.9 Å². The summed E-state index contributed by atoms with van der Waals surface area (Å²) in [6, 6.07) is 13.8. The minimum absolute atomic E-state index is 0.143. The zero-order valence-corrected chi connectivity index (χ0v) is 15.8. The maximum absolute atomic E-state index is 13.2. The molecular formula is C20H22O5S. The van der Waals surface area contributed by atoms with Gasteiger partial charge in [0.2, 0.25) is 0 Å². The Morgan fingerprint density at radius 1 is 1.04 bits per heavy atom. The summed E-state index contributed by atoms with van der Waals surface area (Å²) in [6.45, 7) is 3.64. The van der Waals surface area contributed by atoms with Crippen LogP contribution >= 0.6 is 0 Å². The van der Waals surface area contributed by atoms with Crippen molar-refractivity contribution in [2.75, 3.05) is 13.7 Å². The Bertz CT molecular complexity index is 916. The van der Waals surface area contributed by atoms with Crippen LogP contribution in [-0.4, -0.2) is 38.5 Å². The third-order valence-electron chi connectivity index (χ3n) is 5.16. The van der Waals surface area contributed by atoms with Gasteiger partial charge in [0.15, 0.2) is 9.84 Å². The van der Waals surface area contributed by atoms with Gasteiger partial charge in [0.25, 0.3) is 0 Å². The molecule has 2 aromatic rings. The second kappa shape index (κ2) is 6.52. The summed E-state index contributed by atoms with van der Waals surface area (Å²) in [4.78, 5) is 12.3. The van der Waals surface area contributed by atoms with Gasteiger partial charge >= 0.3 is 5.97 Å². The van der Waals surface area contributed by atoms with E-state index in [0.29, 0.717) is 5.56 Å². The van der Waals surface area contributed by atoms with E-state index in [4.69, 9.17) is 4.74 Å². The van der Waals surface area contributed by atoms with Gasteiger partial charge in [0, 0.05) is 13.0 Å². The first kappa shape index (κ1) is 18.6. The Balaban J connectivity index is 2.11. The van der Waals surface area contributed by atoms with E-state index in [1.807, 2.05) is 26.0 Å². The van der Waals surface area contributed by atoms with Crippen molar-refractivity contribution in [3.63, 3.8) is 0 Å². The second-order valence-corrected chi connectivity index (χ2v) is 9.01. The van der Waals surface area contributed by atoms with Crippen molar-refractivity contribution in [1.29, 1.82) is 0 Å². The molecule has 0 bridgehead atoms. The Hall–Kier alpha value is -2.18. The monoisotopic (exact) mass is 374 g/mol. The van der Waals surface area contributed by atoms with Gasteiger partial charge in [0.05, 0.1) is 16.8 Å². The molecule has 1 aliphatic carbocycles. The van der Waals surface area contributed by atoms with E-state index in [1.54, 1.807) is 24.3 Å². The number of carboxylic acid groups (broad SMARTS) is 1. The normalized spacial score (nSPS) is 25.0. The Morgan fingerprint density at radius 2 is 1.54 bits per heavy atom. The van der Waals surface area contributed by atoms with Gasteiger partial charge in [0.1, 0.15) is 5.41 Å². The minimum atomic E-state index is -3.83. The highest BCUT2D eigenvalue weighted by atomic mass is 32.2. The van der Waals surface area contributed by atoms with Gasteiger partial charge in [-0.3, -0.25) is 4.79 Å². The van der Waals surface area contributed by atoms with Crippen molar-refractivity contribution in [3.05, 3.63) is 65.2 Å². The quantitative estimate of drug-likeness (QED) is 0.841. The molecule has 1 aliphatic rings. The van der Waals surface area contributed by atoms with Gasteiger partial charge < -0.3 is 9.84 Å². The van der Waals surface area contributed by atoms with Crippen molar-refractivity contribution in [3.8, 4) is 0 Å². The van der Waals surface area contributed by atoms with Crippen LogP contribution in [0, 0.1) is 19.3 Å². The van der Waals surface area contributed by atoms with E-state index >= 15 is 0 Å². The predicted molar refractivity (Wildman–Crippen MR) is 98.0 cm³/mol. The molecule has 0 unspecified atom stereocenters. The molecule has 1 N–H and O–H groups in total. The van der Waals surface area contributed by atoms with Crippen LogP contribution in [-0.2, 0) is 19.4 Å². The van der Waals surface area contributed by atoms with E-state index in [2.05, 4.69) is 0 Å². The number of aliphatic carboxylic acids is 1. The van der Waals surface area contributed by atoms with E-state index in [9.17, 15) is 18.3 Å². The highest BCUT2D eigenvalue weighted by molar-refractivity contribution is 7.92. The average molecular weight is 374 g/mol. The zero-order valence-electron chi connectivity index (χ0n) is 15.0.